The summed E-state index contributed by atoms with van der Waals surface area (Å²) in [5.74, 6) is -1.61. The minimum atomic E-state index is -3.96. The smallest absolute Gasteiger partial charge is 0.255 e. The van der Waals surface area contributed by atoms with Gasteiger partial charge in [-0.2, -0.15) is 0 Å². The normalized spacial score (nSPS) is 15.3. The number of benzene rings is 2. The van der Waals surface area contributed by atoms with Crippen molar-refractivity contribution in [3.8, 4) is 0 Å². The number of anilines is 2. The van der Waals surface area contributed by atoms with Crippen LogP contribution in [0.3, 0.4) is 0 Å². The molecule has 0 aromatic heterocycles. The first-order valence-electron chi connectivity index (χ1n) is 10.1. The van der Waals surface area contributed by atoms with E-state index in [1.165, 1.54) is 25.1 Å². The molecule has 166 valence electrons. The second-order valence-electron chi connectivity index (χ2n) is 7.57. The summed E-state index contributed by atoms with van der Waals surface area (Å²) in [6.07, 6.45) is 3.86. The van der Waals surface area contributed by atoms with Gasteiger partial charge in [0.05, 0.1) is 23.2 Å². The predicted molar refractivity (Wildman–Crippen MR) is 118 cm³/mol. The molecule has 0 saturated carbocycles. The Morgan fingerprint density at radius 3 is 2.29 bits per heavy atom. The molecule has 1 aliphatic rings. The summed E-state index contributed by atoms with van der Waals surface area (Å²) in [5.41, 5.74) is 0.406. The average molecular weight is 448 g/mol. The van der Waals surface area contributed by atoms with Crippen LogP contribution in [0.2, 0.25) is 0 Å². The zero-order valence-electron chi connectivity index (χ0n) is 17.5. The number of hydrogen-bond acceptors (Lipinski definition) is 4. The molecule has 1 N–H and O–H groups in total. The van der Waals surface area contributed by atoms with Crippen molar-refractivity contribution >= 4 is 33.2 Å². The molecule has 2 amide bonds. The molecule has 31 heavy (non-hydrogen) atoms. The zero-order valence-corrected chi connectivity index (χ0v) is 18.4. The zero-order chi connectivity index (χ0) is 22.6. The van der Waals surface area contributed by atoms with Gasteiger partial charge in [-0.05, 0) is 50.5 Å². The van der Waals surface area contributed by atoms with Crippen LogP contribution in [0.5, 0.6) is 0 Å². The number of amides is 2. The van der Waals surface area contributed by atoms with Gasteiger partial charge in [0.1, 0.15) is 11.9 Å². The van der Waals surface area contributed by atoms with E-state index in [1.807, 2.05) is 0 Å². The third kappa shape index (κ3) is 5.22. The number of piperidine rings is 1. The maximum absolute atomic E-state index is 14.3. The van der Waals surface area contributed by atoms with E-state index in [9.17, 15) is 22.4 Å². The Hall–Kier alpha value is -2.94. The Bertz CT molecular complexity index is 1070. The number of halogens is 1. The van der Waals surface area contributed by atoms with E-state index < -0.39 is 27.8 Å². The van der Waals surface area contributed by atoms with Crippen LogP contribution in [0, 0.1) is 5.82 Å². The van der Waals surface area contributed by atoms with Gasteiger partial charge in [-0.1, -0.05) is 24.3 Å². The topological polar surface area (TPSA) is 86.8 Å². The number of hydrogen-bond donors (Lipinski definition) is 1. The Balaban J connectivity index is 1.87. The van der Waals surface area contributed by atoms with Crippen LogP contribution in [0.25, 0.3) is 0 Å². The van der Waals surface area contributed by atoms with Gasteiger partial charge in [-0.3, -0.25) is 13.9 Å². The van der Waals surface area contributed by atoms with Crippen molar-refractivity contribution in [3.05, 3.63) is 59.9 Å². The third-order valence-corrected chi connectivity index (χ3v) is 6.46. The molecular formula is C22H26FN3O4S. The molecule has 2 aromatic carbocycles. The molecule has 7 nitrogen and oxygen atoms in total. The Labute approximate surface area is 181 Å². The molecule has 3 rings (SSSR count). The number of likely N-dealkylation sites (tertiary alicyclic amines) is 1. The number of nitrogens with zero attached hydrogens (tertiary/aromatic N) is 2. The van der Waals surface area contributed by atoms with Crippen LogP contribution in [0.15, 0.2) is 48.5 Å². The third-order valence-electron chi connectivity index (χ3n) is 5.24. The molecule has 9 heteroatoms. The van der Waals surface area contributed by atoms with Crippen LogP contribution < -0.4 is 9.62 Å². The summed E-state index contributed by atoms with van der Waals surface area (Å²) in [4.78, 5) is 27.7. The van der Waals surface area contributed by atoms with Gasteiger partial charge in [0, 0.05) is 13.1 Å². The van der Waals surface area contributed by atoms with Gasteiger partial charge in [0.2, 0.25) is 15.9 Å². The minimum absolute atomic E-state index is 0.183. The highest BCUT2D eigenvalue weighted by atomic mass is 32.2. The molecule has 1 aliphatic heterocycles. The second kappa shape index (κ2) is 9.47. The molecule has 0 radical (unpaired) electrons. The van der Waals surface area contributed by atoms with E-state index in [1.54, 1.807) is 29.2 Å². The van der Waals surface area contributed by atoms with E-state index >= 15 is 0 Å². The van der Waals surface area contributed by atoms with E-state index in [0.29, 0.717) is 18.7 Å². The van der Waals surface area contributed by atoms with Gasteiger partial charge in [-0.25, -0.2) is 12.8 Å². The molecule has 0 spiro atoms. The summed E-state index contributed by atoms with van der Waals surface area (Å²) in [6.45, 7) is 2.69. The molecule has 2 aromatic rings. The lowest BCUT2D eigenvalue weighted by atomic mass is 10.1. The fourth-order valence-electron chi connectivity index (χ4n) is 3.69. The summed E-state index contributed by atoms with van der Waals surface area (Å²) in [5, 5.41) is 2.66. The second-order valence-corrected chi connectivity index (χ2v) is 9.43. The van der Waals surface area contributed by atoms with Crippen LogP contribution in [-0.4, -0.2) is 50.5 Å². The maximum atomic E-state index is 14.3. The quantitative estimate of drug-likeness (QED) is 0.737. The number of carbonyl (C=O) groups excluding carboxylic acids is 2. The van der Waals surface area contributed by atoms with Crippen molar-refractivity contribution in [3.63, 3.8) is 0 Å². The monoisotopic (exact) mass is 447 g/mol. The highest BCUT2D eigenvalue weighted by molar-refractivity contribution is 7.92. The van der Waals surface area contributed by atoms with Crippen LogP contribution in [-0.2, 0) is 14.8 Å². The molecule has 1 unspecified atom stereocenters. The van der Waals surface area contributed by atoms with E-state index in [4.69, 9.17) is 0 Å². The summed E-state index contributed by atoms with van der Waals surface area (Å²) in [6, 6.07) is 10.7. The van der Waals surface area contributed by atoms with Crippen LogP contribution in [0.1, 0.15) is 36.5 Å². The van der Waals surface area contributed by atoms with Crippen LogP contribution >= 0.6 is 0 Å². The first-order chi connectivity index (χ1) is 14.7. The molecule has 1 heterocycles. The van der Waals surface area contributed by atoms with Crippen molar-refractivity contribution in [1.82, 2.24) is 4.90 Å². The maximum Gasteiger partial charge on any atom is 0.255 e. The van der Waals surface area contributed by atoms with Crippen molar-refractivity contribution in [2.24, 2.45) is 0 Å². The van der Waals surface area contributed by atoms with E-state index in [2.05, 4.69) is 5.32 Å². The number of rotatable bonds is 6. The lowest BCUT2D eigenvalue weighted by Crippen LogP contribution is -2.46. The summed E-state index contributed by atoms with van der Waals surface area (Å²) >= 11 is 0. The average Bonchev–Trinajstić information content (AvgIpc) is 2.75. The Morgan fingerprint density at radius 2 is 1.65 bits per heavy atom. The number of carbonyl (C=O) groups is 2. The number of nitrogens with one attached hydrogen (secondary N) is 1. The Morgan fingerprint density at radius 1 is 1.03 bits per heavy atom. The lowest BCUT2D eigenvalue weighted by molar-refractivity contribution is -0.116. The van der Waals surface area contributed by atoms with Gasteiger partial charge >= 0.3 is 0 Å². The van der Waals surface area contributed by atoms with Crippen molar-refractivity contribution in [2.45, 2.75) is 32.2 Å². The first kappa shape index (κ1) is 22.7. The van der Waals surface area contributed by atoms with Crippen molar-refractivity contribution in [1.29, 1.82) is 0 Å². The molecule has 0 bridgehead atoms. The van der Waals surface area contributed by atoms with Gasteiger partial charge in [0.15, 0.2) is 0 Å². The first-order valence-corrected chi connectivity index (χ1v) is 12.0. The van der Waals surface area contributed by atoms with Crippen molar-refractivity contribution < 1.29 is 22.4 Å². The highest BCUT2D eigenvalue weighted by Crippen LogP contribution is 2.26. The van der Waals surface area contributed by atoms with Gasteiger partial charge < -0.3 is 10.2 Å². The Kier molecular flexibility index (Phi) is 6.94. The summed E-state index contributed by atoms with van der Waals surface area (Å²) < 4.78 is 39.8. The van der Waals surface area contributed by atoms with Gasteiger partial charge in [-0.15, -0.1) is 0 Å². The van der Waals surface area contributed by atoms with E-state index in [-0.39, 0.29) is 17.3 Å². The molecular weight excluding hydrogens is 421 g/mol. The van der Waals surface area contributed by atoms with E-state index in [0.717, 1.165) is 35.9 Å². The standard InChI is InChI=1S/C22H26FN3O4S/c1-16(26(31(2,29)30)20-13-7-5-11-18(20)23)21(27)24-19-12-6-4-10-17(19)22(28)25-14-8-3-9-15-25/h4-7,10-13,16H,3,8-9,14-15H2,1-2H3,(H,24,27). The fourth-order valence-corrected chi connectivity index (χ4v) is 4.87. The van der Waals surface area contributed by atoms with Crippen LogP contribution in [0.4, 0.5) is 15.8 Å². The predicted octanol–water partition coefficient (Wildman–Crippen LogP) is 3.25. The largest absolute Gasteiger partial charge is 0.339 e. The molecule has 1 atom stereocenters. The van der Waals surface area contributed by atoms with Crippen molar-refractivity contribution in [2.75, 3.05) is 29.0 Å². The minimum Gasteiger partial charge on any atom is -0.339 e. The molecule has 1 fully saturated rings. The number of para-hydroxylation sites is 2. The SMILES string of the molecule is CC(C(=O)Nc1ccccc1C(=O)N1CCCCC1)N(c1ccccc1F)S(C)(=O)=O. The summed E-state index contributed by atoms with van der Waals surface area (Å²) in [7, 11) is -3.96. The highest BCUT2D eigenvalue weighted by Gasteiger charge is 2.31. The fraction of sp³-hybridized carbons (Fsp3) is 0.364. The molecule has 1 saturated heterocycles. The molecule has 0 aliphatic carbocycles. The lowest BCUT2D eigenvalue weighted by Gasteiger charge is -2.29. The number of sulfonamides is 1. The van der Waals surface area contributed by atoms with Gasteiger partial charge in [0.25, 0.3) is 5.91 Å².